The van der Waals surface area contributed by atoms with Gasteiger partial charge in [0.15, 0.2) is 0 Å². The molecule has 1 aliphatic heterocycles. The summed E-state index contributed by atoms with van der Waals surface area (Å²) in [6, 6.07) is 13.6. The van der Waals surface area contributed by atoms with Gasteiger partial charge in [0.2, 0.25) is 5.91 Å². The molecule has 0 bridgehead atoms. The zero-order valence-electron chi connectivity index (χ0n) is 18.1. The molecular formula is C24H27N5O3. The number of hydrogen-bond acceptors (Lipinski definition) is 5. The number of carbonyl (C=O) groups excluding carboxylic acids is 2. The first-order valence-corrected chi connectivity index (χ1v) is 10.8. The second-order valence-corrected chi connectivity index (χ2v) is 7.82. The molecule has 8 nitrogen and oxygen atoms in total. The Hall–Kier alpha value is -3.52. The quantitative estimate of drug-likeness (QED) is 0.572. The summed E-state index contributed by atoms with van der Waals surface area (Å²) in [4.78, 5) is 33.7. The van der Waals surface area contributed by atoms with Crippen molar-refractivity contribution in [2.45, 2.75) is 32.7 Å². The highest BCUT2D eigenvalue weighted by Crippen LogP contribution is 2.16. The predicted octanol–water partition coefficient (Wildman–Crippen LogP) is 2.37. The Labute approximate surface area is 187 Å². The molecule has 0 N–H and O–H groups in total. The van der Waals surface area contributed by atoms with E-state index in [1.807, 2.05) is 49.4 Å². The maximum atomic E-state index is 13.1. The minimum atomic E-state index is -0.324. The van der Waals surface area contributed by atoms with Crippen LogP contribution in [0.4, 0.5) is 0 Å². The Bertz CT molecular complexity index is 1040. The minimum absolute atomic E-state index is 0.00965. The summed E-state index contributed by atoms with van der Waals surface area (Å²) in [5, 5.41) is 4.19. The number of amides is 2. The number of nitrogens with zero attached hydrogens (tertiary/aromatic N) is 5. The predicted molar refractivity (Wildman–Crippen MR) is 118 cm³/mol. The van der Waals surface area contributed by atoms with Gasteiger partial charge in [-0.1, -0.05) is 36.4 Å². The van der Waals surface area contributed by atoms with E-state index in [0.717, 1.165) is 11.1 Å². The maximum Gasteiger partial charge on any atom is 0.257 e. The zero-order valence-corrected chi connectivity index (χ0v) is 18.1. The summed E-state index contributed by atoms with van der Waals surface area (Å²) in [6.45, 7) is 4.22. The van der Waals surface area contributed by atoms with Crippen LogP contribution in [0.5, 0.6) is 0 Å². The van der Waals surface area contributed by atoms with Crippen LogP contribution in [0.2, 0.25) is 0 Å². The largest absolute Gasteiger partial charge is 0.370 e. The fourth-order valence-electron chi connectivity index (χ4n) is 3.72. The number of aryl methyl sites for hydroxylation is 1. The number of hydrogen-bond donors (Lipinski definition) is 0. The summed E-state index contributed by atoms with van der Waals surface area (Å²) in [6.07, 6.45) is 6.41. The molecule has 1 atom stereocenters. The van der Waals surface area contributed by atoms with E-state index in [4.69, 9.17) is 4.74 Å². The van der Waals surface area contributed by atoms with Gasteiger partial charge in [-0.25, -0.2) is 0 Å². The smallest absolute Gasteiger partial charge is 0.257 e. The highest BCUT2D eigenvalue weighted by Gasteiger charge is 2.31. The third-order valence-corrected chi connectivity index (χ3v) is 5.44. The number of ether oxygens (including phenoxy) is 1. The van der Waals surface area contributed by atoms with Crippen molar-refractivity contribution in [3.63, 3.8) is 0 Å². The fraction of sp³-hybridized carbons (Fsp3) is 0.333. The van der Waals surface area contributed by atoms with E-state index in [2.05, 4.69) is 10.1 Å². The molecule has 4 rings (SSSR count). The third-order valence-electron chi connectivity index (χ3n) is 5.44. The SMILES string of the molecule is CCn1cc(C(=O)N2CC(=O)N(Cc3ccccc3)CC(OCc3cccnc3)C2)cn1. The molecule has 0 spiro atoms. The molecule has 1 saturated heterocycles. The molecule has 166 valence electrons. The number of benzene rings is 1. The molecule has 0 aliphatic carbocycles. The summed E-state index contributed by atoms with van der Waals surface area (Å²) in [5.74, 6) is -0.313. The lowest BCUT2D eigenvalue weighted by molar-refractivity contribution is -0.132. The first kappa shape index (κ1) is 21.7. The standard InChI is InChI=1S/C24H27N5O3/c1-2-29-14-21(12-26-29)24(31)28-16-22(32-18-20-9-6-10-25-11-20)15-27(23(30)17-28)13-19-7-4-3-5-8-19/h3-12,14,22H,2,13,15-18H2,1H3. The van der Waals surface area contributed by atoms with Crippen LogP contribution in [0.1, 0.15) is 28.4 Å². The Morgan fingerprint density at radius 3 is 2.62 bits per heavy atom. The molecule has 0 saturated carbocycles. The van der Waals surface area contributed by atoms with Crippen LogP contribution < -0.4 is 0 Å². The number of pyridine rings is 1. The van der Waals surface area contributed by atoms with E-state index >= 15 is 0 Å². The van der Waals surface area contributed by atoms with Crippen molar-refractivity contribution in [1.82, 2.24) is 24.6 Å². The lowest BCUT2D eigenvalue weighted by Crippen LogP contribution is -2.39. The van der Waals surface area contributed by atoms with Crippen molar-refractivity contribution in [2.24, 2.45) is 0 Å². The van der Waals surface area contributed by atoms with Crippen LogP contribution in [-0.4, -0.2) is 62.1 Å². The van der Waals surface area contributed by atoms with Gasteiger partial charge >= 0.3 is 0 Å². The average Bonchev–Trinajstić information content (AvgIpc) is 3.25. The van der Waals surface area contributed by atoms with Crippen molar-refractivity contribution in [2.75, 3.05) is 19.6 Å². The van der Waals surface area contributed by atoms with E-state index in [-0.39, 0.29) is 24.5 Å². The van der Waals surface area contributed by atoms with Gasteiger partial charge in [0.1, 0.15) is 6.54 Å². The van der Waals surface area contributed by atoms with Crippen molar-refractivity contribution in [3.05, 3.63) is 83.9 Å². The summed E-state index contributed by atoms with van der Waals surface area (Å²) in [7, 11) is 0. The number of carbonyl (C=O) groups is 2. The molecule has 32 heavy (non-hydrogen) atoms. The van der Waals surface area contributed by atoms with Crippen molar-refractivity contribution in [1.29, 1.82) is 0 Å². The molecule has 0 radical (unpaired) electrons. The summed E-state index contributed by atoms with van der Waals surface area (Å²) >= 11 is 0. The highest BCUT2D eigenvalue weighted by molar-refractivity contribution is 5.96. The van der Waals surface area contributed by atoms with E-state index in [0.29, 0.717) is 38.3 Å². The molecule has 2 amide bonds. The maximum absolute atomic E-state index is 13.1. The second kappa shape index (κ2) is 10.2. The summed E-state index contributed by atoms with van der Waals surface area (Å²) < 4.78 is 7.86. The van der Waals surface area contributed by atoms with Crippen LogP contribution in [0, 0.1) is 0 Å². The highest BCUT2D eigenvalue weighted by atomic mass is 16.5. The van der Waals surface area contributed by atoms with E-state index < -0.39 is 0 Å². The Morgan fingerprint density at radius 2 is 1.91 bits per heavy atom. The zero-order chi connectivity index (χ0) is 22.3. The van der Waals surface area contributed by atoms with Crippen molar-refractivity contribution < 1.29 is 14.3 Å². The molecule has 1 aliphatic rings. The van der Waals surface area contributed by atoms with Crippen LogP contribution in [0.25, 0.3) is 0 Å². The van der Waals surface area contributed by atoms with Gasteiger partial charge in [-0.15, -0.1) is 0 Å². The first-order chi connectivity index (χ1) is 15.6. The fourth-order valence-corrected chi connectivity index (χ4v) is 3.72. The van der Waals surface area contributed by atoms with Gasteiger partial charge in [0.25, 0.3) is 5.91 Å². The van der Waals surface area contributed by atoms with Gasteiger partial charge in [-0.05, 0) is 24.1 Å². The van der Waals surface area contributed by atoms with Crippen LogP contribution in [0.3, 0.4) is 0 Å². The van der Waals surface area contributed by atoms with Gasteiger partial charge in [-0.3, -0.25) is 19.3 Å². The van der Waals surface area contributed by atoms with Crippen LogP contribution in [-0.2, 0) is 29.2 Å². The monoisotopic (exact) mass is 433 g/mol. The molecule has 2 aromatic heterocycles. The van der Waals surface area contributed by atoms with Crippen LogP contribution >= 0.6 is 0 Å². The minimum Gasteiger partial charge on any atom is -0.370 e. The molecule has 1 unspecified atom stereocenters. The van der Waals surface area contributed by atoms with Gasteiger partial charge in [0.05, 0.1) is 24.5 Å². The second-order valence-electron chi connectivity index (χ2n) is 7.82. The number of rotatable bonds is 7. The van der Waals surface area contributed by atoms with Crippen molar-refractivity contribution >= 4 is 11.8 Å². The molecular weight excluding hydrogens is 406 g/mol. The lowest BCUT2D eigenvalue weighted by Gasteiger charge is -2.25. The first-order valence-electron chi connectivity index (χ1n) is 10.8. The van der Waals surface area contributed by atoms with Gasteiger partial charge in [-0.2, -0.15) is 5.10 Å². The normalized spacial score (nSPS) is 16.8. The molecule has 8 heteroatoms. The molecule has 1 fully saturated rings. The lowest BCUT2D eigenvalue weighted by atomic mass is 10.2. The van der Waals surface area contributed by atoms with Gasteiger partial charge < -0.3 is 14.5 Å². The van der Waals surface area contributed by atoms with Crippen LogP contribution in [0.15, 0.2) is 67.3 Å². The molecule has 3 heterocycles. The Morgan fingerprint density at radius 1 is 1.09 bits per heavy atom. The summed E-state index contributed by atoms with van der Waals surface area (Å²) in [5.41, 5.74) is 2.46. The Balaban J connectivity index is 1.52. The topological polar surface area (TPSA) is 80.6 Å². The average molecular weight is 434 g/mol. The van der Waals surface area contributed by atoms with E-state index in [1.165, 1.54) is 0 Å². The molecule has 3 aromatic rings. The Kier molecular flexibility index (Phi) is 6.91. The number of aromatic nitrogens is 3. The third kappa shape index (κ3) is 5.39. The molecule has 1 aromatic carbocycles. The van der Waals surface area contributed by atoms with Gasteiger partial charge in [0, 0.05) is 44.8 Å². The van der Waals surface area contributed by atoms with Crippen molar-refractivity contribution in [3.8, 4) is 0 Å². The van der Waals surface area contributed by atoms with E-state index in [9.17, 15) is 9.59 Å². The van der Waals surface area contributed by atoms with E-state index in [1.54, 1.807) is 39.3 Å².